The van der Waals surface area contributed by atoms with Crippen LogP contribution in [-0.2, 0) is 6.42 Å². The first-order valence-corrected chi connectivity index (χ1v) is 7.05. The van der Waals surface area contributed by atoms with Gasteiger partial charge in [-0.15, -0.1) is 11.3 Å². The van der Waals surface area contributed by atoms with Crippen LogP contribution in [0.5, 0.6) is 0 Å². The molecule has 3 rings (SSSR count). The normalized spacial score (nSPS) is 12.7. The molecule has 2 heterocycles. The van der Waals surface area contributed by atoms with Crippen molar-refractivity contribution < 1.29 is 5.11 Å². The van der Waals surface area contributed by atoms with Gasteiger partial charge in [-0.25, -0.2) is 4.98 Å². The Bertz CT molecular complexity index is 708. The van der Waals surface area contributed by atoms with E-state index in [1.165, 1.54) is 11.3 Å². The Morgan fingerprint density at radius 2 is 2.00 bits per heavy atom. The van der Waals surface area contributed by atoms with Crippen molar-refractivity contribution >= 4 is 22.2 Å². The van der Waals surface area contributed by atoms with Gasteiger partial charge < -0.3 is 5.11 Å². The van der Waals surface area contributed by atoms with Crippen LogP contribution < -0.4 is 0 Å². The second-order valence-electron chi connectivity index (χ2n) is 4.54. The number of hydrogen-bond donors (Lipinski definition) is 1. The summed E-state index contributed by atoms with van der Waals surface area (Å²) < 4.78 is 0. The fraction of sp³-hybridized carbons (Fsp3) is 0.200. The number of rotatable bonds is 3. The minimum atomic E-state index is -0.577. The third kappa shape index (κ3) is 2.64. The summed E-state index contributed by atoms with van der Waals surface area (Å²) in [5.74, 6) is 0. The number of para-hydroxylation sites is 1. The topological polar surface area (TPSA) is 46.0 Å². The summed E-state index contributed by atoms with van der Waals surface area (Å²) in [7, 11) is 0. The molecule has 0 radical (unpaired) electrons. The summed E-state index contributed by atoms with van der Waals surface area (Å²) in [5, 5.41) is 14.0. The van der Waals surface area contributed by atoms with E-state index in [-0.39, 0.29) is 0 Å². The monoisotopic (exact) mass is 270 g/mol. The summed E-state index contributed by atoms with van der Waals surface area (Å²) in [6, 6.07) is 12.0. The molecule has 0 fully saturated rings. The van der Waals surface area contributed by atoms with E-state index in [4.69, 9.17) is 0 Å². The summed E-state index contributed by atoms with van der Waals surface area (Å²) >= 11 is 1.49. The van der Waals surface area contributed by atoms with E-state index in [1.54, 1.807) is 0 Å². The molecule has 1 unspecified atom stereocenters. The minimum absolute atomic E-state index is 0.498. The van der Waals surface area contributed by atoms with Crippen molar-refractivity contribution in [2.75, 3.05) is 0 Å². The van der Waals surface area contributed by atoms with E-state index in [9.17, 15) is 5.11 Å². The number of nitrogens with zero attached hydrogens (tertiary/aromatic N) is 2. The maximum atomic E-state index is 10.2. The number of aliphatic hydroxyl groups is 1. The molecule has 3 aromatic rings. The zero-order chi connectivity index (χ0) is 13.2. The molecule has 2 aromatic heterocycles. The second kappa shape index (κ2) is 5.07. The van der Waals surface area contributed by atoms with E-state index in [0.717, 1.165) is 27.3 Å². The van der Waals surface area contributed by atoms with E-state index >= 15 is 0 Å². The Morgan fingerprint density at radius 1 is 1.16 bits per heavy atom. The molecule has 0 amide bonds. The highest BCUT2D eigenvalue weighted by molar-refractivity contribution is 7.09. The third-order valence-corrected chi connectivity index (χ3v) is 4.04. The molecular weight excluding hydrogens is 256 g/mol. The molecule has 0 aliphatic carbocycles. The second-order valence-corrected chi connectivity index (χ2v) is 5.43. The lowest BCUT2D eigenvalue weighted by atomic mass is 10.1. The maximum absolute atomic E-state index is 10.2. The van der Waals surface area contributed by atoms with Crippen molar-refractivity contribution in [2.24, 2.45) is 0 Å². The lowest BCUT2D eigenvalue weighted by Gasteiger charge is -2.07. The van der Waals surface area contributed by atoms with Crippen molar-refractivity contribution in [2.45, 2.75) is 19.4 Å². The summed E-state index contributed by atoms with van der Waals surface area (Å²) in [6.45, 7) is 1.93. The van der Waals surface area contributed by atoms with Gasteiger partial charge in [0.15, 0.2) is 0 Å². The van der Waals surface area contributed by atoms with Gasteiger partial charge in [0.2, 0.25) is 0 Å². The standard InChI is InChI=1S/C15H14N2OS/c1-10-9-19-15(16-10)14(18)8-12-7-6-11-4-2-3-5-13(11)17-12/h2-7,9,14,18H,8H2,1H3. The quantitative estimate of drug-likeness (QED) is 0.794. The molecule has 3 nitrogen and oxygen atoms in total. The minimum Gasteiger partial charge on any atom is -0.386 e. The van der Waals surface area contributed by atoms with Gasteiger partial charge >= 0.3 is 0 Å². The van der Waals surface area contributed by atoms with Gasteiger partial charge in [0.25, 0.3) is 0 Å². The van der Waals surface area contributed by atoms with Gasteiger partial charge in [0.1, 0.15) is 11.1 Å². The molecule has 1 N–H and O–H groups in total. The largest absolute Gasteiger partial charge is 0.386 e. The van der Waals surface area contributed by atoms with E-state index in [0.29, 0.717) is 6.42 Å². The molecule has 4 heteroatoms. The van der Waals surface area contributed by atoms with E-state index in [2.05, 4.69) is 9.97 Å². The van der Waals surface area contributed by atoms with Crippen molar-refractivity contribution in [1.29, 1.82) is 0 Å². The van der Waals surface area contributed by atoms with Crippen LogP contribution in [0.15, 0.2) is 41.8 Å². The molecule has 0 bridgehead atoms. The van der Waals surface area contributed by atoms with E-state index < -0.39 is 6.10 Å². The number of aromatic nitrogens is 2. The molecule has 0 aliphatic rings. The molecule has 19 heavy (non-hydrogen) atoms. The van der Waals surface area contributed by atoms with Crippen LogP contribution in [0.2, 0.25) is 0 Å². The van der Waals surface area contributed by atoms with Gasteiger partial charge in [-0.05, 0) is 19.1 Å². The summed E-state index contributed by atoms with van der Waals surface area (Å²) in [4.78, 5) is 8.87. The van der Waals surface area contributed by atoms with Gasteiger partial charge in [-0.3, -0.25) is 4.98 Å². The molecular formula is C15H14N2OS. The highest BCUT2D eigenvalue weighted by atomic mass is 32.1. The van der Waals surface area contributed by atoms with Crippen LogP contribution in [0.25, 0.3) is 10.9 Å². The SMILES string of the molecule is Cc1csc(C(O)Cc2ccc3ccccc3n2)n1. The molecule has 0 saturated heterocycles. The Balaban J connectivity index is 1.84. The van der Waals surface area contributed by atoms with Crippen LogP contribution in [0.1, 0.15) is 22.5 Å². The third-order valence-electron chi connectivity index (χ3n) is 2.98. The number of benzene rings is 1. The first-order chi connectivity index (χ1) is 9.22. The number of thiazole rings is 1. The van der Waals surface area contributed by atoms with Gasteiger partial charge in [0, 0.05) is 28.6 Å². The van der Waals surface area contributed by atoms with Crippen molar-refractivity contribution in [3.8, 4) is 0 Å². The van der Waals surface area contributed by atoms with Crippen LogP contribution in [0.3, 0.4) is 0 Å². The predicted molar refractivity (Wildman–Crippen MR) is 77.3 cm³/mol. The number of pyridine rings is 1. The summed E-state index contributed by atoms with van der Waals surface area (Å²) in [5.41, 5.74) is 2.80. The number of fused-ring (bicyclic) bond motifs is 1. The van der Waals surface area contributed by atoms with Crippen molar-refractivity contribution in [3.05, 3.63) is 58.2 Å². The highest BCUT2D eigenvalue weighted by Crippen LogP contribution is 2.22. The highest BCUT2D eigenvalue weighted by Gasteiger charge is 2.13. The van der Waals surface area contributed by atoms with Crippen LogP contribution in [0, 0.1) is 6.92 Å². The number of aliphatic hydroxyl groups excluding tert-OH is 1. The van der Waals surface area contributed by atoms with E-state index in [1.807, 2.05) is 48.7 Å². The Morgan fingerprint density at radius 3 is 2.79 bits per heavy atom. The molecule has 0 saturated carbocycles. The van der Waals surface area contributed by atoms with Gasteiger partial charge in [-0.2, -0.15) is 0 Å². The molecule has 0 spiro atoms. The smallest absolute Gasteiger partial charge is 0.122 e. The van der Waals surface area contributed by atoms with Crippen molar-refractivity contribution in [1.82, 2.24) is 9.97 Å². The zero-order valence-electron chi connectivity index (χ0n) is 10.6. The number of aryl methyl sites for hydroxylation is 1. The predicted octanol–water partition coefficient (Wildman–Crippen LogP) is 3.28. The molecule has 1 atom stereocenters. The van der Waals surface area contributed by atoms with Gasteiger partial charge in [0.05, 0.1) is 5.52 Å². The fourth-order valence-corrected chi connectivity index (χ4v) is 2.81. The molecule has 96 valence electrons. The molecule has 1 aromatic carbocycles. The Hall–Kier alpha value is -1.78. The Labute approximate surface area is 115 Å². The average Bonchev–Trinajstić information content (AvgIpc) is 2.85. The number of hydrogen-bond acceptors (Lipinski definition) is 4. The maximum Gasteiger partial charge on any atom is 0.122 e. The lowest BCUT2D eigenvalue weighted by Crippen LogP contribution is -2.03. The first kappa shape index (κ1) is 12.3. The zero-order valence-corrected chi connectivity index (χ0v) is 11.4. The lowest BCUT2D eigenvalue weighted by molar-refractivity contribution is 0.176. The molecule has 0 aliphatic heterocycles. The van der Waals surface area contributed by atoms with Crippen molar-refractivity contribution in [3.63, 3.8) is 0 Å². The van der Waals surface area contributed by atoms with Crippen LogP contribution in [-0.4, -0.2) is 15.1 Å². The fourth-order valence-electron chi connectivity index (χ4n) is 2.03. The van der Waals surface area contributed by atoms with Crippen LogP contribution in [0.4, 0.5) is 0 Å². The Kier molecular flexibility index (Phi) is 3.27. The van der Waals surface area contributed by atoms with Crippen LogP contribution >= 0.6 is 11.3 Å². The summed E-state index contributed by atoms with van der Waals surface area (Å²) in [6.07, 6.45) is -0.0787. The van der Waals surface area contributed by atoms with Gasteiger partial charge in [-0.1, -0.05) is 24.3 Å². The first-order valence-electron chi connectivity index (χ1n) is 6.17. The average molecular weight is 270 g/mol.